The third-order valence-corrected chi connectivity index (χ3v) is 4.73. The van der Waals surface area contributed by atoms with Gasteiger partial charge in [-0.15, -0.1) is 0 Å². The second kappa shape index (κ2) is 6.21. The van der Waals surface area contributed by atoms with Crippen LogP contribution in [0.25, 0.3) is 16.5 Å². The zero-order chi connectivity index (χ0) is 15.7. The third kappa shape index (κ3) is 2.80. The lowest BCUT2D eigenvalue weighted by molar-refractivity contribution is 0.370. The highest BCUT2D eigenvalue weighted by molar-refractivity contribution is 5.94. The van der Waals surface area contributed by atoms with Gasteiger partial charge in [0.1, 0.15) is 0 Å². The highest BCUT2D eigenvalue weighted by Gasteiger charge is 2.16. The maximum atomic E-state index is 4.74. The minimum absolute atomic E-state index is 0.525. The van der Waals surface area contributed by atoms with Crippen molar-refractivity contribution in [3.63, 3.8) is 0 Å². The van der Waals surface area contributed by atoms with E-state index in [0.717, 1.165) is 25.9 Å². The Kier molecular flexibility index (Phi) is 4.30. The van der Waals surface area contributed by atoms with E-state index in [4.69, 9.17) is 4.98 Å². The van der Waals surface area contributed by atoms with Gasteiger partial charge in [0.25, 0.3) is 0 Å². The number of likely N-dealkylation sites (N-methyl/N-ethyl adjacent to an activating group) is 1. The highest BCUT2D eigenvalue weighted by atomic mass is 15.1. The molecule has 2 heteroatoms. The second-order valence-electron chi connectivity index (χ2n) is 6.69. The van der Waals surface area contributed by atoms with Gasteiger partial charge in [-0.05, 0) is 60.7 Å². The van der Waals surface area contributed by atoms with E-state index in [-0.39, 0.29) is 0 Å². The van der Waals surface area contributed by atoms with Crippen molar-refractivity contribution in [2.45, 2.75) is 39.5 Å². The molecule has 1 aliphatic heterocycles. The van der Waals surface area contributed by atoms with E-state index in [9.17, 15) is 0 Å². The van der Waals surface area contributed by atoms with Crippen molar-refractivity contribution in [2.75, 3.05) is 20.1 Å². The highest BCUT2D eigenvalue weighted by Crippen LogP contribution is 2.33. The van der Waals surface area contributed by atoms with Crippen molar-refractivity contribution in [1.29, 1.82) is 0 Å². The first-order valence-electron chi connectivity index (χ1n) is 8.39. The molecule has 0 N–H and O–H groups in total. The molecule has 22 heavy (non-hydrogen) atoms. The Morgan fingerprint density at radius 3 is 2.73 bits per heavy atom. The van der Waals surface area contributed by atoms with Gasteiger partial charge in [0.2, 0.25) is 0 Å². The zero-order valence-corrected chi connectivity index (χ0v) is 14.2. The Hall–Kier alpha value is -1.67. The van der Waals surface area contributed by atoms with E-state index in [1.807, 2.05) is 6.20 Å². The van der Waals surface area contributed by atoms with E-state index in [0.29, 0.717) is 5.92 Å². The molecular weight excluding hydrogens is 268 g/mol. The van der Waals surface area contributed by atoms with Gasteiger partial charge in [-0.25, -0.2) is 0 Å². The molecule has 2 aromatic rings. The van der Waals surface area contributed by atoms with E-state index in [1.54, 1.807) is 0 Å². The number of nitrogens with zero attached hydrogens (tertiary/aromatic N) is 2. The first-order valence-corrected chi connectivity index (χ1v) is 8.39. The van der Waals surface area contributed by atoms with Gasteiger partial charge >= 0.3 is 0 Å². The minimum Gasteiger partial charge on any atom is -0.302 e. The molecule has 3 rings (SSSR count). The molecule has 0 aliphatic carbocycles. The minimum atomic E-state index is 0.525. The van der Waals surface area contributed by atoms with Crippen LogP contribution < -0.4 is 0 Å². The Bertz CT molecular complexity index is 713. The smallest absolute Gasteiger partial charge is 0.0779 e. The van der Waals surface area contributed by atoms with Crippen LogP contribution in [0, 0.1) is 0 Å². The number of aryl methyl sites for hydroxylation is 1. The standard InChI is InChI=1S/C20H26N2/c1-5-15-12-18(16-7-10-22(4)11-8-16)20-19(13-15)17(14(2)3)6-9-21-20/h6-7,9,12-14H,5,8,10-11H2,1-4H3. The van der Waals surface area contributed by atoms with Crippen LogP contribution in [0.5, 0.6) is 0 Å². The summed E-state index contributed by atoms with van der Waals surface area (Å²) in [7, 11) is 2.18. The van der Waals surface area contributed by atoms with E-state index >= 15 is 0 Å². The molecule has 1 aromatic carbocycles. The average molecular weight is 294 g/mol. The van der Waals surface area contributed by atoms with Gasteiger partial charge < -0.3 is 4.90 Å². The fourth-order valence-corrected chi connectivity index (χ4v) is 3.30. The molecule has 116 valence electrons. The van der Waals surface area contributed by atoms with Gasteiger partial charge in [0.05, 0.1) is 5.52 Å². The number of fused-ring (bicyclic) bond motifs is 1. The molecule has 0 spiro atoms. The third-order valence-electron chi connectivity index (χ3n) is 4.73. The van der Waals surface area contributed by atoms with Gasteiger partial charge in [-0.3, -0.25) is 4.98 Å². The van der Waals surface area contributed by atoms with Crippen LogP contribution in [0.2, 0.25) is 0 Å². The van der Waals surface area contributed by atoms with Gasteiger partial charge in [0, 0.05) is 30.2 Å². The van der Waals surface area contributed by atoms with Crippen LogP contribution >= 0.6 is 0 Å². The normalized spacial score (nSPS) is 16.3. The van der Waals surface area contributed by atoms with Crippen LogP contribution in [0.4, 0.5) is 0 Å². The molecule has 0 saturated carbocycles. The van der Waals surface area contributed by atoms with E-state index in [1.165, 1.54) is 33.2 Å². The topological polar surface area (TPSA) is 16.1 Å². The predicted octanol–water partition coefficient (Wildman–Crippen LogP) is 4.64. The van der Waals surface area contributed by atoms with Crippen LogP contribution in [0.1, 0.15) is 49.8 Å². The summed E-state index contributed by atoms with van der Waals surface area (Å²) in [6, 6.07) is 6.88. The predicted molar refractivity (Wildman–Crippen MR) is 95.3 cm³/mol. The number of hydrogen-bond donors (Lipinski definition) is 0. The van der Waals surface area contributed by atoms with Crippen molar-refractivity contribution < 1.29 is 0 Å². The van der Waals surface area contributed by atoms with Crippen LogP contribution in [-0.2, 0) is 6.42 Å². The maximum Gasteiger partial charge on any atom is 0.0779 e. The van der Waals surface area contributed by atoms with Crippen molar-refractivity contribution in [3.05, 3.63) is 47.2 Å². The summed E-state index contributed by atoms with van der Waals surface area (Å²) < 4.78 is 0. The largest absolute Gasteiger partial charge is 0.302 e. The fourth-order valence-electron chi connectivity index (χ4n) is 3.30. The molecule has 0 atom stereocenters. The van der Waals surface area contributed by atoms with E-state index < -0.39 is 0 Å². The average Bonchev–Trinajstić information content (AvgIpc) is 2.53. The van der Waals surface area contributed by atoms with Gasteiger partial charge in [-0.1, -0.05) is 26.8 Å². The first kappa shape index (κ1) is 15.2. The summed E-state index contributed by atoms with van der Waals surface area (Å²) in [5, 5.41) is 1.34. The molecule has 0 amide bonds. The van der Waals surface area contributed by atoms with Gasteiger partial charge in [-0.2, -0.15) is 0 Å². The lowest BCUT2D eigenvalue weighted by Crippen LogP contribution is -2.23. The number of benzene rings is 1. The molecule has 0 unspecified atom stereocenters. The molecule has 1 aromatic heterocycles. The Labute approximate surface area is 133 Å². The Morgan fingerprint density at radius 1 is 1.27 bits per heavy atom. The zero-order valence-electron chi connectivity index (χ0n) is 14.2. The molecule has 0 bridgehead atoms. The molecular formula is C20H26N2. The van der Waals surface area contributed by atoms with Crippen LogP contribution in [0.3, 0.4) is 0 Å². The van der Waals surface area contributed by atoms with Gasteiger partial charge in [0.15, 0.2) is 0 Å². The molecule has 0 radical (unpaired) electrons. The van der Waals surface area contributed by atoms with Crippen LogP contribution in [0.15, 0.2) is 30.5 Å². The summed E-state index contributed by atoms with van der Waals surface area (Å²) in [4.78, 5) is 7.10. The Morgan fingerprint density at radius 2 is 2.09 bits per heavy atom. The lowest BCUT2D eigenvalue weighted by atomic mass is 9.90. The number of rotatable bonds is 3. The molecule has 0 fully saturated rings. The van der Waals surface area contributed by atoms with Crippen molar-refractivity contribution in [3.8, 4) is 0 Å². The van der Waals surface area contributed by atoms with Crippen molar-refractivity contribution in [1.82, 2.24) is 9.88 Å². The maximum absolute atomic E-state index is 4.74. The van der Waals surface area contributed by atoms with E-state index in [2.05, 4.69) is 57.0 Å². The summed E-state index contributed by atoms with van der Waals surface area (Å²) in [5.74, 6) is 0.525. The van der Waals surface area contributed by atoms with Crippen LogP contribution in [-0.4, -0.2) is 30.0 Å². The summed E-state index contributed by atoms with van der Waals surface area (Å²) in [6.45, 7) is 8.94. The number of hydrogen-bond acceptors (Lipinski definition) is 2. The van der Waals surface area contributed by atoms with Crippen molar-refractivity contribution >= 4 is 16.5 Å². The lowest BCUT2D eigenvalue weighted by Gasteiger charge is -2.23. The monoisotopic (exact) mass is 294 g/mol. The SMILES string of the molecule is CCc1cc(C2=CCN(C)CC2)c2nccc(C(C)C)c2c1. The number of aromatic nitrogens is 1. The second-order valence-corrected chi connectivity index (χ2v) is 6.69. The molecule has 1 aliphatic rings. The Balaban J connectivity index is 2.23. The summed E-state index contributed by atoms with van der Waals surface area (Å²) in [6.07, 6.45) is 6.54. The molecule has 2 nitrogen and oxygen atoms in total. The quantitative estimate of drug-likeness (QED) is 0.820. The molecule has 2 heterocycles. The fraction of sp³-hybridized carbons (Fsp3) is 0.450. The number of pyridine rings is 1. The first-order chi connectivity index (χ1) is 10.6. The van der Waals surface area contributed by atoms with Crippen molar-refractivity contribution in [2.24, 2.45) is 0 Å². The molecule has 0 saturated heterocycles. The summed E-state index contributed by atoms with van der Waals surface area (Å²) in [5.41, 5.74) is 6.82. The summed E-state index contributed by atoms with van der Waals surface area (Å²) >= 11 is 0.